The van der Waals surface area contributed by atoms with E-state index in [1.54, 1.807) is 0 Å². The van der Waals surface area contributed by atoms with Crippen LogP contribution >= 0.6 is 0 Å². The van der Waals surface area contributed by atoms with Crippen molar-refractivity contribution in [2.45, 2.75) is 19.8 Å². The van der Waals surface area contributed by atoms with Crippen molar-refractivity contribution in [3.8, 4) is 0 Å². The minimum absolute atomic E-state index is 0.0725. The maximum absolute atomic E-state index is 11.2. The van der Waals surface area contributed by atoms with E-state index in [1.807, 2.05) is 13.0 Å². The van der Waals surface area contributed by atoms with Crippen molar-refractivity contribution >= 4 is 5.91 Å². The van der Waals surface area contributed by atoms with Gasteiger partial charge in [0, 0.05) is 19.5 Å². The molecule has 1 amide bonds. The number of amides is 1. The third-order valence-electron chi connectivity index (χ3n) is 1.81. The molecule has 0 radical (unpaired) electrons. The molecule has 0 bridgehead atoms. The molecule has 0 fully saturated rings. The van der Waals surface area contributed by atoms with E-state index in [1.165, 1.54) is 0 Å². The van der Waals surface area contributed by atoms with Gasteiger partial charge in [0.2, 0.25) is 5.91 Å². The average molecular weight is 214 g/mol. The van der Waals surface area contributed by atoms with Crippen molar-refractivity contribution in [2.75, 3.05) is 32.8 Å². The van der Waals surface area contributed by atoms with Gasteiger partial charge in [-0.05, 0) is 13.0 Å². The van der Waals surface area contributed by atoms with Gasteiger partial charge >= 0.3 is 0 Å². The van der Waals surface area contributed by atoms with Gasteiger partial charge < -0.3 is 15.4 Å². The fourth-order valence-electron chi connectivity index (χ4n) is 0.998. The van der Waals surface area contributed by atoms with E-state index in [0.717, 1.165) is 19.5 Å². The Morgan fingerprint density at radius 3 is 2.87 bits per heavy atom. The first kappa shape index (κ1) is 14.1. The van der Waals surface area contributed by atoms with Crippen LogP contribution in [0.25, 0.3) is 0 Å². The zero-order valence-electron chi connectivity index (χ0n) is 9.55. The number of carbonyl (C=O) groups is 1. The van der Waals surface area contributed by atoms with Crippen LogP contribution < -0.4 is 10.6 Å². The molecule has 0 atom stereocenters. The van der Waals surface area contributed by atoms with Crippen molar-refractivity contribution in [2.24, 2.45) is 0 Å². The Kier molecular flexibility index (Phi) is 10.6. The van der Waals surface area contributed by atoms with Gasteiger partial charge in [0.25, 0.3) is 0 Å². The van der Waals surface area contributed by atoms with Gasteiger partial charge in [0.15, 0.2) is 0 Å². The highest BCUT2D eigenvalue weighted by molar-refractivity contribution is 5.75. The molecule has 0 spiro atoms. The fraction of sp³-hybridized carbons (Fsp3) is 0.727. The zero-order valence-corrected chi connectivity index (χ0v) is 9.55. The second-order valence-electron chi connectivity index (χ2n) is 3.14. The third kappa shape index (κ3) is 11.1. The standard InChI is InChI=1S/C11H22N2O2/c1-3-5-9-15-10-8-13-11(14)6-7-12-4-2/h3,12H,1,4-10H2,2H3,(H,13,14). The Labute approximate surface area is 92.1 Å². The second kappa shape index (κ2) is 11.2. The molecule has 0 rings (SSSR count). The maximum Gasteiger partial charge on any atom is 0.221 e. The largest absolute Gasteiger partial charge is 0.379 e. The molecule has 0 aromatic carbocycles. The van der Waals surface area contributed by atoms with Gasteiger partial charge in [0.05, 0.1) is 13.2 Å². The summed E-state index contributed by atoms with van der Waals surface area (Å²) in [5.41, 5.74) is 0. The van der Waals surface area contributed by atoms with Crippen molar-refractivity contribution < 1.29 is 9.53 Å². The number of hydrogen-bond acceptors (Lipinski definition) is 3. The van der Waals surface area contributed by atoms with E-state index in [9.17, 15) is 4.79 Å². The summed E-state index contributed by atoms with van der Waals surface area (Å²) in [6.07, 6.45) is 3.20. The Hall–Kier alpha value is -0.870. The summed E-state index contributed by atoms with van der Waals surface area (Å²) in [6, 6.07) is 0. The Morgan fingerprint density at radius 1 is 1.40 bits per heavy atom. The Bertz CT molecular complexity index is 172. The topological polar surface area (TPSA) is 50.4 Å². The van der Waals surface area contributed by atoms with Gasteiger partial charge in [-0.15, -0.1) is 6.58 Å². The van der Waals surface area contributed by atoms with Crippen molar-refractivity contribution in [3.05, 3.63) is 12.7 Å². The normalized spacial score (nSPS) is 9.93. The van der Waals surface area contributed by atoms with Crippen LogP contribution in [0.1, 0.15) is 19.8 Å². The molecule has 0 aromatic heterocycles. The summed E-state index contributed by atoms with van der Waals surface area (Å²) < 4.78 is 5.25. The van der Waals surface area contributed by atoms with E-state index in [4.69, 9.17) is 4.74 Å². The lowest BCUT2D eigenvalue weighted by molar-refractivity contribution is -0.121. The Morgan fingerprint density at radius 2 is 2.20 bits per heavy atom. The van der Waals surface area contributed by atoms with Crippen molar-refractivity contribution in [1.29, 1.82) is 0 Å². The highest BCUT2D eigenvalue weighted by Gasteiger charge is 1.98. The van der Waals surface area contributed by atoms with Gasteiger partial charge in [0.1, 0.15) is 0 Å². The van der Waals surface area contributed by atoms with E-state index in [0.29, 0.717) is 26.2 Å². The van der Waals surface area contributed by atoms with E-state index in [-0.39, 0.29) is 5.91 Å². The van der Waals surface area contributed by atoms with Crippen molar-refractivity contribution in [1.82, 2.24) is 10.6 Å². The summed E-state index contributed by atoms with van der Waals surface area (Å²) in [4.78, 5) is 11.2. The van der Waals surface area contributed by atoms with Gasteiger partial charge in [-0.2, -0.15) is 0 Å². The summed E-state index contributed by atoms with van der Waals surface area (Å²) in [7, 11) is 0. The monoisotopic (exact) mass is 214 g/mol. The van der Waals surface area contributed by atoms with Crippen LogP contribution in [0.5, 0.6) is 0 Å². The molecule has 0 aliphatic heterocycles. The molecule has 0 saturated heterocycles. The molecule has 0 saturated carbocycles. The van der Waals surface area contributed by atoms with Crippen LogP contribution in [0, 0.1) is 0 Å². The fourth-order valence-corrected chi connectivity index (χ4v) is 0.998. The SMILES string of the molecule is C=CCCOCCNC(=O)CCNCC. The molecular formula is C11H22N2O2. The number of carbonyl (C=O) groups excluding carboxylic acids is 1. The lowest BCUT2D eigenvalue weighted by Crippen LogP contribution is -2.30. The second-order valence-corrected chi connectivity index (χ2v) is 3.14. The van der Waals surface area contributed by atoms with E-state index < -0.39 is 0 Å². The van der Waals surface area contributed by atoms with Crippen LogP contribution in [0.3, 0.4) is 0 Å². The first-order valence-electron chi connectivity index (χ1n) is 5.47. The van der Waals surface area contributed by atoms with Crippen molar-refractivity contribution in [3.63, 3.8) is 0 Å². The summed E-state index contributed by atoms with van der Waals surface area (Å²) in [6.45, 7) is 9.08. The maximum atomic E-state index is 11.2. The highest BCUT2D eigenvalue weighted by atomic mass is 16.5. The minimum atomic E-state index is 0.0725. The van der Waals surface area contributed by atoms with Crippen LogP contribution in [0.4, 0.5) is 0 Å². The molecule has 2 N–H and O–H groups in total. The first-order valence-corrected chi connectivity index (χ1v) is 5.47. The smallest absolute Gasteiger partial charge is 0.221 e. The Balaban J connectivity index is 3.13. The minimum Gasteiger partial charge on any atom is -0.379 e. The van der Waals surface area contributed by atoms with Gasteiger partial charge in [-0.3, -0.25) is 4.79 Å². The highest BCUT2D eigenvalue weighted by Crippen LogP contribution is 1.82. The molecule has 0 aliphatic rings. The molecule has 4 nitrogen and oxygen atoms in total. The number of nitrogens with one attached hydrogen (secondary N) is 2. The third-order valence-corrected chi connectivity index (χ3v) is 1.81. The van der Waals surface area contributed by atoms with Crippen LogP contribution in [0.2, 0.25) is 0 Å². The molecule has 0 unspecified atom stereocenters. The van der Waals surface area contributed by atoms with E-state index >= 15 is 0 Å². The van der Waals surface area contributed by atoms with Crippen LogP contribution in [0.15, 0.2) is 12.7 Å². The van der Waals surface area contributed by atoms with Gasteiger partial charge in [-0.1, -0.05) is 13.0 Å². The molecule has 4 heteroatoms. The molecular weight excluding hydrogens is 192 g/mol. The number of ether oxygens (including phenoxy) is 1. The molecule has 0 aromatic rings. The zero-order chi connectivity index (χ0) is 11.4. The molecule has 0 heterocycles. The predicted octanol–water partition coefficient (Wildman–Crippen LogP) is 0.695. The molecule has 88 valence electrons. The summed E-state index contributed by atoms with van der Waals surface area (Å²) in [5.74, 6) is 0.0725. The van der Waals surface area contributed by atoms with Crippen LogP contribution in [-0.2, 0) is 9.53 Å². The lowest BCUT2D eigenvalue weighted by Gasteiger charge is -2.05. The lowest BCUT2D eigenvalue weighted by atomic mass is 10.4. The summed E-state index contributed by atoms with van der Waals surface area (Å²) >= 11 is 0. The molecule has 15 heavy (non-hydrogen) atoms. The van der Waals surface area contributed by atoms with Crippen LogP contribution in [-0.4, -0.2) is 38.8 Å². The van der Waals surface area contributed by atoms with E-state index in [2.05, 4.69) is 17.2 Å². The predicted molar refractivity (Wildman–Crippen MR) is 61.8 cm³/mol. The quantitative estimate of drug-likeness (QED) is 0.415. The van der Waals surface area contributed by atoms with Gasteiger partial charge in [-0.25, -0.2) is 0 Å². The first-order chi connectivity index (χ1) is 7.31. The average Bonchev–Trinajstić information content (AvgIpc) is 2.23. The number of rotatable bonds is 10. The molecule has 0 aliphatic carbocycles. The number of hydrogen-bond donors (Lipinski definition) is 2. The summed E-state index contributed by atoms with van der Waals surface area (Å²) in [5, 5.41) is 5.88.